The molecule has 0 radical (unpaired) electrons. The largest absolute Gasteiger partial charge is 0.303 e. The SMILES string of the molecule is Cc1cnn(CC2CCN(CC(C)C)CC2)c1. The van der Waals surface area contributed by atoms with Gasteiger partial charge in [0.25, 0.3) is 0 Å². The summed E-state index contributed by atoms with van der Waals surface area (Å²) in [5, 5.41) is 4.38. The molecule has 3 heteroatoms. The quantitative estimate of drug-likeness (QED) is 0.799. The van der Waals surface area contributed by atoms with E-state index >= 15 is 0 Å². The maximum Gasteiger partial charge on any atom is 0.0518 e. The molecule has 2 heterocycles. The molecule has 0 aliphatic carbocycles. The lowest BCUT2D eigenvalue weighted by Crippen LogP contribution is -2.37. The first kappa shape index (κ1) is 12.6. The Labute approximate surface area is 105 Å². The normalized spacial score (nSPS) is 19.1. The van der Waals surface area contributed by atoms with Crippen molar-refractivity contribution in [3.63, 3.8) is 0 Å². The van der Waals surface area contributed by atoms with Crippen LogP contribution in [0.1, 0.15) is 32.3 Å². The second kappa shape index (κ2) is 5.67. The lowest BCUT2D eigenvalue weighted by atomic mass is 9.96. The summed E-state index contributed by atoms with van der Waals surface area (Å²) in [6, 6.07) is 0. The maximum atomic E-state index is 4.38. The first-order valence-corrected chi connectivity index (χ1v) is 6.85. The molecule has 1 aliphatic rings. The lowest BCUT2D eigenvalue weighted by Gasteiger charge is -2.32. The van der Waals surface area contributed by atoms with E-state index in [2.05, 4.69) is 41.6 Å². The third-order valence-electron chi connectivity index (χ3n) is 3.54. The van der Waals surface area contributed by atoms with E-state index in [-0.39, 0.29) is 0 Å². The molecule has 1 fully saturated rings. The summed E-state index contributed by atoms with van der Waals surface area (Å²) in [5.74, 6) is 1.61. The molecule has 1 aromatic rings. The topological polar surface area (TPSA) is 21.1 Å². The molecule has 0 atom stereocenters. The Hall–Kier alpha value is -0.830. The van der Waals surface area contributed by atoms with Crippen LogP contribution >= 0.6 is 0 Å². The number of likely N-dealkylation sites (tertiary alicyclic amines) is 1. The van der Waals surface area contributed by atoms with Crippen LogP contribution in [0.3, 0.4) is 0 Å². The Morgan fingerprint density at radius 2 is 2.06 bits per heavy atom. The molecule has 0 N–H and O–H groups in total. The first-order valence-electron chi connectivity index (χ1n) is 6.85. The van der Waals surface area contributed by atoms with E-state index < -0.39 is 0 Å². The summed E-state index contributed by atoms with van der Waals surface area (Å²) in [5.41, 5.74) is 1.27. The fourth-order valence-electron chi connectivity index (χ4n) is 2.70. The van der Waals surface area contributed by atoms with Gasteiger partial charge in [0, 0.05) is 19.3 Å². The molecule has 0 aromatic carbocycles. The van der Waals surface area contributed by atoms with Crippen molar-refractivity contribution >= 4 is 0 Å². The summed E-state index contributed by atoms with van der Waals surface area (Å²) in [4.78, 5) is 2.61. The monoisotopic (exact) mass is 235 g/mol. The van der Waals surface area contributed by atoms with Gasteiger partial charge >= 0.3 is 0 Å². The highest BCUT2D eigenvalue weighted by Gasteiger charge is 2.19. The number of hydrogen-bond acceptors (Lipinski definition) is 2. The van der Waals surface area contributed by atoms with Gasteiger partial charge in [-0.05, 0) is 50.3 Å². The Morgan fingerprint density at radius 3 is 2.59 bits per heavy atom. The number of piperidine rings is 1. The van der Waals surface area contributed by atoms with Crippen molar-refractivity contribution in [3.05, 3.63) is 18.0 Å². The summed E-state index contributed by atoms with van der Waals surface area (Å²) < 4.78 is 2.11. The van der Waals surface area contributed by atoms with E-state index in [1.807, 2.05) is 6.20 Å². The van der Waals surface area contributed by atoms with E-state index in [0.29, 0.717) is 0 Å². The summed E-state index contributed by atoms with van der Waals surface area (Å²) >= 11 is 0. The van der Waals surface area contributed by atoms with Crippen LogP contribution in [-0.2, 0) is 6.54 Å². The van der Waals surface area contributed by atoms with E-state index in [9.17, 15) is 0 Å². The van der Waals surface area contributed by atoms with E-state index in [1.165, 1.54) is 38.0 Å². The standard InChI is InChI=1S/C14H25N3/c1-12(2)9-16-6-4-14(5-7-16)11-17-10-13(3)8-15-17/h8,10,12,14H,4-7,9,11H2,1-3H3. The molecule has 0 spiro atoms. The summed E-state index contributed by atoms with van der Waals surface area (Å²) in [7, 11) is 0. The van der Waals surface area contributed by atoms with Gasteiger partial charge in [-0.15, -0.1) is 0 Å². The van der Waals surface area contributed by atoms with Gasteiger partial charge in [-0.25, -0.2) is 0 Å². The molecule has 3 nitrogen and oxygen atoms in total. The van der Waals surface area contributed by atoms with Gasteiger partial charge in [-0.1, -0.05) is 13.8 Å². The number of rotatable bonds is 4. The highest BCUT2D eigenvalue weighted by molar-refractivity contribution is 4.99. The zero-order valence-electron chi connectivity index (χ0n) is 11.4. The number of aryl methyl sites for hydroxylation is 1. The van der Waals surface area contributed by atoms with Gasteiger partial charge in [0.05, 0.1) is 6.20 Å². The fraction of sp³-hybridized carbons (Fsp3) is 0.786. The van der Waals surface area contributed by atoms with Gasteiger partial charge in [0.2, 0.25) is 0 Å². The van der Waals surface area contributed by atoms with Crippen LogP contribution in [0.4, 0.5) is 0 Å². The van der Waals surface area contributed by atoms with Crippen molar-refractivity contribution in [1.82, 2.24) is 14.7 Å². The Balaban J connectivity index is 1.75. The van der Waals surface area contributed by atoms with Crippen molar-refractivity contribution in [2.24, 2.45) is 11.8 Å². The van der Waals surface area contributed by atoms with Crippen molar-refractivity contribution < 1.29 is 0 Å². The number of aromatic nitrogens is 2. The highest BCUT2D eigenvalue weighted by Crippen LogP contribution is 2.19. The zero-order valence-corrected chi connectivity index (χ0v) is 11.4. The van der Waals surface area contributed by atoms with Crippen molar-refractivity contribution in [2.45, 2.75) is 40.2 Å². The van der Waals surface area contributed by atoms with Crippen LogP contribution in [0.25, 0.3) is 0 Å². The molecule has 0 saturated carbocycles. The maximum absolute atomic E-state index is 4.38. The predicted octanol–water partition coefficient (Wildman–Crippen LogP) is 2.56. The van der Waals surface area contributed by atoms with Gasteiger partial charge in [-0.3, -0.25) is 4.68 Å². The van der Waals surface area contributed by atoms with Crippen molar-refractivity contribution in [1.29, 1.82) is 0 Å². The van der Waals surface area contributed by atoms with Crippen molar-refractivity contribution in [3.8, 4) is 0 Å². The van der Waals surface area contributed by atoms with E-state index in [0.717, 1.165) is 18.4 Å². The number of nitrogens with zero attached hydrogens (tertiary/aromatic N) is 3. The molecule has 0 unspecified atom stereocenters. The van der Waals surface area contributed by atoms with Crippen LogP contribution in [0.15, 0.2) is 12.4 Å². The smallest absolute Gasteiger partial charge is 0.0518 e. The van der Waals surface area contributed by atoms with Crippen LogP contribution in [0.2, 0.25) is 0 Å². The van der Waals surface area contributed by atoms with Gasteiger partial charge in [-0.2, -0.15) is 5.10 Å². The predicted molar refractivity (Wildman–Crippen MR) is 71.0 cm³/mol. The molecule has 1 aliphatic heterocycles. The zero-order chi connectivity index (χ0) is 12.3. The molecular weight excluding hydrogens is 210 g/mol. The minimum absolute atomic E-state index is 0.792. The van der Waals surface area contributed by atoms with Crippen LogP contribution in [-0.4, -0.2) is 34.3 Å². The lowest BCUT2D eigenvalue weighted by molar-refractivity contribution is 0.157. The van der Waals surface area contributed by atoms with E-state index in [1.54, 1.807) is 0 Å². The average molecular weight is 235 g/mol. The molecule has 96 valence electrons. The highest BCUT2D eigenvalue weighted by atomic mass is 15.3. The molecule has 1 aromatic heterocycles. The molecule has 0 bridgehead atoms. The second-order valence-electron chi connectivity index (χ2n) is 5.88. The summed E-state index contributed by atoms with van der Waals surface area (Å²) in [6.45, 7) is 11.6. The van der Waals surface area contributed by atoms with Crippen molar-refractivity contribution in [2.75, 3.05) is 19.6 Å². The van der Waals surface area contributed by atoms with Gasteiger partial charge < -0.3 is 4.90 Å². The van der Waals surface area contributed by atoms with Crippen LogP contribution in [0.5, 0.6) is 0 Å². The Morgan fingerprint density at radius 1 is 1.35 bits per heavy atom. The minimum Gasteiger partial charge on any atom is -0.303 e. The van der Waals surface area contributed by atoms with E-state index in [4.69, 9.17) is 0 Å². The molecule has 2 rings (SSSR count). The Bertz CT molecular complexity index is 335. The van der Waals surface area contributed by atoms with Crippen LogP contribution in [0, 0.1) is 18.8 Å². The third-order valence-corrected chi connectivity index (χ3v) is 3.54. The summed E-state index contributed by atoms with van der Waals surface area (Å²) in [6.07, 6.45) is 6.76. The second-order valence-corrected chi connectivity index (χ2v) is 5.88. The van der Waals surface area contributed by atoms with Crippen LogP contribution < -0.4 is 0 Å². The molecule has 0 amide bonds. The fourth-order valence-corrected chi connectivity index (χ4v) is 2.70. The Kier molecular flexibility index (Phi) is 4.21. The van der Waals surface area contributed by atoms with Gasteiger partial charge in [0.1, 0.15) is 0 Å². The van der Waals surface area contributed by atoms with Gasteiger partial charge in [0.15, 0.2) is 0 Å². The molecule has 17 heavy (non-hydrogen) atoms. The molecule has 1 saturated heterocycles. The number of hydrogen-bond donors (Lipinski definition) is 0. The minimum atomic E-state index is 0.792. The molecular formula is C14H25N3. The third kappa shape index (κ3) is 3.84. The average Bonchev–Trinajstić information content (AvgIpc) is 2.66. The first-order chi connectivity index (χ1) is 8.13.